The van der Waals surface area contributed by atoms with Crippen LogP contribution in [-0.2, 0) is 29.2 Å². The molecule has 0 aliphatic carbocycles. The quantitative estimate of drug-likeness (QED) is 0.238. The Morgan fingerprint density at radius 1 is 1.05 bits per heavy atom. The van der Waals surface area contributed by atoms with E-state index < -0.39 is 11.1 Å². The third kappa shape index (κ3) is 5.86. The molecule has 9 heteroatoms. The van der Waals surface area contributed by atoms with Gasteiger partial charge in [-0.3, -0.25) is 19.3 Å². The Morgan fingerprint density at radius 3 is 2.59 bits per heavy atom. The monoisotopic (exact) mass is 644 g/mol. The molecule has 2 aliphatic rings. The van der Waals surface area contributed by atoms with Gasteiger partial charge in [0, 0.05) is 23.7 Å². The van der Waals surface area contributed by atoms with Crippen LogP contribution in [0.3, 0.4) is 0 Å². The summed E-state index contributed by atoms with van der Waals surface area (Å²) in [5, 5.41) is 0.213. The number of ether oxygens (including phenoxy) is 1. The lowest BCUT2D eigenvalue weighted by Gasteiger charge is -2.29. The normalized spacial score (nSPS) is 16.3. The number of imide groups is 1. The Kier molecular flexibility index (Phi) is 7.87. The SMILES string of the molecule is O=C(CN1C(=O)S/C(=C\c2ccc(OCc3ccccc3Cl)c(I)c2)C1=O)N1CCc2ccccc2C1. The highest BCUT2D eigenvalue weighted by atomic mass is 127. The third-order valence-electron chi connectivity index (χ3n) is 6.25. The van der Waals surface area contributed by atoms with Crippen molar-refractivity contribution in [1.29, 1.82) is 0 Å². The predicted octanol–water partition coefficient (Wildman–Crippen LogP) is 6.14. The highest BCUT2D eigenvalue weighted by Gasteiger charge is 2.37. The molecule has 2 aliphatic heterocycles. The summed E-state index contributed by atoms with van der Waals surface area (Å²) >= 11 is 9.23. The molecule has 6 nitrogen and oxygen atoms in total. The van der Waals surface area contributed by atoms with Crippen LogP contribution in [0.5, 0.6) is 5.75 Å². The van der Waals surface area contributed by atoms with Crippen molar-refractivity contribution in [2.24, 2.45) is 0 Å². The molecular formula is C28H22ClIN2O4S. The summed E-state index contributed by atoms with van der Waals surface area (Å²) in [6.45, 7) is 1.15. The fourth-order valence-electron chi connectivity index (χ4n) is 4.23. The molecule has 3 aromatic carbocycles. The van der Waals surface area contributed by atoms with Gasteiger partial charge < -0.3 is 9.64 Å². The molecule has 5 rings (SSSR count). The number of halogens is 2. The fraction of sp³-hybridized carbons (Fsp3) is 0.179. The van der Waals surface area contributed by atoms with Crippen molar-refractivity contribution in [1.82, 2.24) is 9.80 Å². The summed E-state index contributed by atoms with van der Waals surface area (Å²) in [5.74, 6) is 0.0157. The van der Waals surface area contributed by atoms with Crippen LogP contribution in [-0.4, -0.2) is 39.9 Å². The predicted molar refractivity (Wildman–Crippen MR) is 153 cm³/mol. The average Bonchev–Trinajstić information content (AvgIpc) is 3.16. The second-order valence-corrected chi connectivity index (χ2v) is 11.2. The minimum Gasteiger partial charge on any atom is -0.488 e. The van der Waals surface area contributed by atoms with E-state index in [0.717, 1.165) is 43.3 Å². The van der Waals surface area contributed by atoms with Gasteiger partial charge in [-0.1, -0.05) is 60.1 Å². The van der Waals surface area contributed by atoms with Crippen molar-refractivity contribution in [2.45, 2.75) is 19.6 Å². The molecular weight excluding hydrogens is 623 g/mol. The van der Waals surface area contributed by atoms with Gasteiger partial charge in [-0.25, -0.2) is 0 Å². The molecule has 188 valence electrons. The summed E-state index contributed by atoms with van der Waals surface area (Å²) < 4.78 is 6.78. The first-order valence-electron chi connectivity index (χ1n) is 11.6. The smallest absolute Gasteiger partial charge is 0.294 e. The van der Waals surface area contributed by atoms with Crippen LogP contribution >= 0.6 is 46.0 Å². The first-order valence-corrected chi connectivity index (χ1v) is 13.9. The molecule has 1 saturated heterocycles. The van der Waals surface area contributed by atoms with Gasteiger partial charge in [-0.15, -0.1) is 0 Å². The van der Waals surface area contributed by atoms with E-state index in [1.807, 2.05) is 60.7 Å². The molecule has 0 bridgehead atoms. The summed E-state index contributed by atoms with van der Waals surface area (Å²) in [7, 11) is 0. The molecule has 3 aromatic rings. The fourth-order valence-corrected chi connectivity index (χ4v) is 5.95. The minimum absolute atomic E-state index is 0.229. The van der Waals surface area contributed by atoms with Gasteiger partial charge in [-0.2, -0.15) is 0 Å². The van der Waals surface area contributed by atoms with Crippen LogP contribution in [0.25, 0.3) is 6.08 Å². The van der Waals surface area contributed by atoms with Gasteiger partial charge in [0.05, 0.1) is 8.48 Å². The highest BCUT2D eigenvalue weighted by molar-refractivity contribution is 14.1. The summed E-state index contributed by atoms with van der Waals surface area (Å²) in [6, 6.07) is 21.1. The van der Waals surface area contributed by atoms with E-state index in [-0.39, 0.29) is 12.5 Å². The largest absolute Gasteiger partial charge is 0.488 e. The molecule has 0 saturated carbocycles. The number of thioether (sulfide) groups is 1. The summed E-state index contributed by atoms with van der Waals surface area (Å²) in [5.41, 5.74) is 3.99. The Hall–Kier alpha value is -2.82. The van der Waals surface area contributed by atoms with E-state index in [9.17, 15) is 14.4 Å². The minimum atomic E-state index is -0.449. The van der Waals surface area contributed by atoms with Gasteiger partial charge in [-0.05, 0) is 81.7 Å². The zero-order valence-electron chi connectivity index (χ0n) is 19.7. The van der Waals surface area contributed by atoms with Crippen LogP contribution in [0.1, 0.15) is 22.3 Å². The van der Waals surface area contributed by atoms with Gasteiger partial charge >= 0.3 is 0 Å². The van der Waals surface area contributed by atoms with Crippen LogP contribution in [0.15, 0.2) is 71.6 Å². The van der Waals surface area contributed by atoms with Gasteiger partial charge in [0.15, 0.2) is 0 Å². The first-order chi connectivity index (χ1) is 17.9. The van der Waals surface area contributed by atoms with E-state index >= 15 is 0 Å². The summed E-state index contributed by atoms with van der Waals surface area (Å²) in [4.78, 5) is 41.5. The van der Waals surface area contributed by atoms with Gasteiger partial charge in [0.25, 0.3) is 11.1 Å². The Morgan fingerprint density at radius 2 is 1.81 bits per heavy atom. The molecule has 0 aromatic heterocycles. The number of amides is 3. The lowest BCUT2D eigenvalue weighted by molar-refractivity contribution is -0.136. The maximum atomic E-state index is 13.0. The summed E-state index contributed by atoms with van der Waals surface area (Å²) in [6.07, 6.45) is 2.44. The number of carbonyl (C=O) groups excluding carboxylic acids is 3. The lowest BCUT2D eigenvalue weighted by Crippen LogP contribution is -2.44. The van der Waals surface area contributed by atoms with Crippen molar-refractivity contribution in [3.05, 3.63) is 102 Å². The highest BCUT2D eigenvalue weighted by Crippen LogP contribution is 2.33. The first kappa shape index (κ1) is 25.8. The average molecular weight is 645 g/mol. The number of rotatable bonds is 6. The second-order valence-electron chi connectivity index (χ2n) is 8.67. The van der Waals surface area contributed by atoms with Crippen LogP contribution < -0.4 is 4.74 Å². The Labute approximate surface area is 237 Å². The van der Waals surface area contributed by atoms with Gasteiger partial charge in [0.2, 0.25) is 5.91 Å². The topological polar surface area (TPSA) is 66.9 Å². The maximum absolute atomic E-state index is 13.0. The molecule has 1 fully saturated rings. The molecule has 37 heavy (non-hydrogen) atoms. The van der Waals surface area contributed by atoms with Crippen molar-refractivity contribution >= 4 is 69.1 Å². The maximum Gasteiger partial charge on any atom is 0.294 e. The number of hydrogen-bond donors (Lipinski definition) is 0. The number of fused-ring (bicyclic) bond motifs is 1. The zero-order chi connectivity index (χ0) is 25.9. The van der Waals surface area contributed by atoms with Crippen molar-refractivity contribution in [2.75, 3.05) is 13.1 Å². The molecule has 0 spiro atoms. The van der Waals surface area contributed by atoms with E-state index in [1.165, 1.54) is 5.56 Å². The van der Waals surface area contributed by atoms with E-state index in [1.54, 1.807) is 11.0 Å². The zero-order valence-corrected chi connectivity index (χ0v) is 23.4. The number of hydrogen-bond acceptors (Lipinski definition) is 5. The standard InChI is InChI=1S/C28H22ClIN2O4S/c29-22-8-4-3-7-21(22)17-36-24-10-9-18(13-23(24)30)14-25-27(34)32(28(35)37-25)16-26(33)31-12-11-19-5-1-2-6-20(19)15-31/h1-10,13-14H,11-12,15-17H2/b25-14-. The molecule has 0 atom stereocenters. The molecule has 3 amide bonds. The van der Waals surface area contributed by atoms with Crippen molar-refractivity contribution in [3.63, 3.8) is 0 Å². The van der Waals surface area contributed by atoms with Crippen molar-refractivity contribution in [3.8, 4) is 5.75 Å². The molecule has 0 radical (unpaired) electrons. The number of benzene rings is 3. The Balaban J connectivity index is 1.23. The number of carbonyl (C=O) groups is 3. The molecule has 0 N–H and O–H groups in total. The van der Waals surface area contributed by atoms with E-state index in [2.05, 4.69) is 28.7 Å². The lowest BCUT2D eigenvalue weighted by atomic mass is 10.00. The molecule has 0 unspecified atom stereocenters. The van der Waals surface area contributed by atoms with Crippen LogP contribution in [0.4, 0.5) is 4.79 Å². The van der Waals surface area contributed by atoms with E-state index in [4.69, 9.17) is 16.3 Å². The van der Waals surface area contributed by atoms with Crippen LogP contribution in [0, 0.1) is 3.57 Å². The molecule has 2 heterocycles. The third-order valence-corrected chi connectivity index (χ3v) is 8.36. The van der Waals surface area contributed by atoms with Crippen molar-refractivity contribution < 1.29 is 19.1 Å². The van der Waals surface area contributed by atoms with E-state index in [0.29, 0.717) is 35.4 Å². The number of nitrogens with zero attached hydrogens (tertiary/aromatic N) is 2. The Bertz CT molecular complexity index is 1430. The second kappa shape index (κ2) is 11.3. The van der Waals surface area contributed by atoms with Gasteiger partial charge in [0.1, 0.15) is 18.9 Å². The van der Waals surface area contributed by atoms with Crippen LogP contribution in [0.2, 0.25) is 5.02 Å².